The number of nitrogens with one attached hydrogen (secondary N) is 1. The maximum atomic E-state index is 12.2. The number of ether oxygens (including phenoxy) is 1. The number of hydrogen-bond donors (Lipinski definition) is 1. The van der Waals surface area contributed by atoms with Crippen molar-refractivity contribution < 1.29 is 13.9 Å². The molecule has 24 heavy (non-hydrogen) atoms. The average molecular weight is 321 g/mol. The van der Waals surface area contributed by atoms with Crippen molar-refractivity contribution in [3.8, 4) is 11.8 Å². The van der Waals surface area contributed by atoms with E-state index in [9.17, 15) is 4.79 Å². The molecule has 0 radical (unpaired) electrons. The summed E-state index contributed by atoms with van der Waals surface area (Å²) in [6, 6.07) is 13.9. The molecule has 1 heterocycles. The molecule has 0 spiro atoms. The summed E-state index contributed by atoms with van der Waals surface area (Å²) in [6.45, 7) is 3.43. The highest BCUT2D eigenvalue weighted by atomic mass is 16.5. The number of aryl methyl sites for hydroxylation is 1. The Hall–Kier alpha value is -3.33. The van der Waals surface area contributed by atoms with E-state index in [1.165, 1.54) is 0 Å². The highest BCUT2D eigenvalue weighted by molar-refractivity contribution is 5.95. The fraction of sp³-hybridized carbons (Fsp3) is 0.167. The van der Waals surface area contributed by atoms with Crippen LogP contribution in [0.15, 0.2) is 46.9 Å². The van der Waals surface area contributed by atoms with Gasteiger partial charge in [-0.05, 0) is 49.4 Å². The first kappa shape index (κ1) is 15.6. The first-order valence-corrected chi connectivity index (χ1v) is 7.40. The molecule has 6 heteroatoms. The second-order valence-corrected chi connectivity index (χ2v) is 5.30. The van der Waals surface area contributed by atoms with E-state index in [1.54, 1.807) is 56.3 Å². The summed E-state index contributed by atoms with van der Waals surface area (Å²) in [6.07, 6.45) is -0.687. The molecular formula is C18H15N3O3. The Morgan fingerprint density at radius 1 is 1.29 bits per heavy atom. The second-order valence-electron chi connectivity index (χ2n) is 5.30. The Morgan fingerprint density at radius 3 is 2.75 bits per heavy atom. The predicted molar refractivity (Wildman–Crippen MR) is 88.6 cm³/mol. The van der Waals surface area contributed by atoms with E-state index in [4.69, 9.17) is 14.4 Å². The van der Waals surface area contributed by atoms with Gasteiger partial charge in [0, 0.05) is 12.6 Å². The Kier molecular flexibility index (Phi) is 4.17. The van der Waals surface area contributed by atoms with Gasteiger partial charge in [-0.2, -0.15) is 5.26 Å². The fourth-order valence-electron chi connectivity index (χ4n) is 2.23. The molecule has 1 aromatic heterocycles. The van der Waals surface area contributed by atoms with Crippen LogP contribution in [0.2, 0.25) is 0 Å². The van der Waals surface area contributed by atoms with Crippen molar-refractivity contribution in [3.05, 3.63) is 53.9 Å². The third kappa shape index (κ3) is 3.36. The van der Waals surface area contributed by atoms with E-state index >= 15 is 0 Å². The van der Waals surface area contributed by atoms with Crippen LogP contribution in [0.1, 0.15) is 18.4 Å². The lowest BCUT2D eigenvalue weighted by molar-refractivity contribution is -0.122. The van der Waals surface area contributed by atoms with Crippen LogP contribution in [0.25, 0.3) is 11.1 Å². The molecule has 1 atom stereocenters. The number of oxazole rings is 1. The van der Waals surface area contributed by atoms with Gasteiger partial charge in [0.05, 0.1) is 11.6 Å². The number of anilines is 1. The summed E-state index contributed by atoms with van der Waals surface area (Å²) in [4.78, 5) is 16.5. The topological polar surface area (TPSA) is 88.1 Å². The van der Waals surface area contributed by atoms with Crippen LogP contribution in [0, 0.1) is 18.3 Å². The van der Waals surface area contributed by atoms with Gasteiger partial charge < -0.3 is 14.5 Å². The molecule has 6 nitrogen and oxygen atoms in total. The zero-order valence-corrected chi connectivity index (χ0v) is 13.2. The number of carbonyl (C=O) groups is 1. The van der Waals surface area contributed by atoms with Gasteiger partial charge >= 0.3 is 0 Å². The summed E-state index contributed by atoms with van der Waals surface area (Å²) in [5.41, 5.74) is 2.52. The molecule has 120 valence electrons. The molecule has 0 saturated heterocycles. The number of benzene rings is 2. The van der Waals surface area contributed by atoms with Crippen LogP contribution >= 0.6 is 0 Å². The lowest BCUT2D eigenvalue weighted by atomic mass is 10.2. The van der Waals surface area contributed by atoms with E-state index in [0.717, 1.165) is 0 Å². The highest BCUT2D eigenvalue weighted by Crippen LogP contribution is 2.20. The van der Waals surface area contributed by atoms with Crippen molar-refractivity contribution >= 4 is 22.7 Å². The number of amides is 1. The van der Waals surface area contributed by atoms with Gasteiger partial charge in [-0.15, -0.1) is 0 Å². The van der Waals surface area contributed by atoms with Crippen molar-refractivity contribution in [2.24, 2.45) is 0 Å². The van der Waals surface area contributed by atoms with E-state index < -0.39 is 6.10 Å². The minimum atomic E-state index is -0.687. The summed E-state index contributed by atoms with van der Waals surface area (Å²) in [5, 5.41) is 11.6. The normalized spacial score (nSPS) is 11.7. The molecule has 0 unspecified atom stereocenters. The molecule has 1 N–H and O–H groups in total. The van der Waals surface area contributed by atoms with Gasteiger partial charge in [0.1, 0.15) is 11.3 Å². The molecule has 0 aliphatic carbocycles. The zero-order valence-electron chi connectivity index (χ0n) is 13.2. The van der Waals surface area contributed by atoms with Gasteiger partial charge in [-0.1, -0.05) is 0 Å². The zero-order chi connectivity index (χ0) is 17.1. The van der Waals surface area contributed by atoms with Gasteiger partial charge in [0.15, 0.2) is 17.6 Å². The van der Waals surface area contributed by atoms with Crippen LogP contribution < -0.4 is 10.1 Å². The van der Waals surface area contributed by atoms with Crippen LogP contribution in [0.4, 0.5) is 5.69 Å². The molecule has 0 fully saturated rings. The largest absolute Gasteiger partial charge is 0.481 e. The maximum absolute atomic E-state index is 12.2. The standard InChI is InChI=1S/C18H15N3O3/c1-11(23-15-6-3-13(10-19)4-7-15)18(22)21-14-5-8-17-16(9-14)20-12(2)24-17/h3-9,11H,1-2H3,(H,21,22)/t11-/m1/s1. The smallest absolute Gasteiger partial charge is 0.265 e. The minimum Gasteiger partial charge on any atom is -0.481 e. The number of aromatic nitrogens is 1. The summed E-state index contributed by atoms with van der Waals surface area (Å²) >= 11 is 0. The molecule has 0 bridgehead atoms. The predicted octanol–water partition coefficient (Wildman–Crippen LogP) is 3.41. The summed E-state index contributed by atoms with van der Waals surface area (Å²) < 4.78 is 11.0. The van der Waals surface area contributed by atoms with E-state index in [1.807, 2.05) is 6.07 Å². The molecule has 0 aliphatic rings. The van der Waals surface area contributed by atoms with E-state index in [-0.39, 0.29) is 5.91 Å². The number of nitrogens with zero attached hydrogens (tertiary/aromatic N) is 2. The molecule has 3 aromatic rings. The number of hydrogen-bond acceptors (Lipinski definition) is 5. The molecule has 2 aromatic carbocycles. The average Bonchev–Trinajstić information content (AvgIpc) is 2.94. The third-order valence-corrected chi connectivity index (χ3v) is 3.43. The first-order valence-electron chi connectivity index (χ1n) is 7.40. The quantitative estimate of drug-likeness (QED) is 0.795. The van der Waals surface area contributed by atoms with Crippen molar-refractivity contribution in [2.45, 2.75) is 20.0 Å². The van der Waals surface area contributed by atoms with Crippen molar-refractivity contribution in [2.75, 3.05) is 5.32 Å². The van der Waals surface area contributed by atoms with Crippen LogP contribution in [0.5, 0.6) is 5.75 Å². The number of nitriles is 1. The molecule has 3 rings (SSSR count). The Morgan fingerprint density at radius 2 is 2.04 bits per heavy atom. The minimum absolute atomic E-state index is 0.279. The highest BCUT2D eigenvalue weighted by Gasteiger charge is 2.15. The number of rotatable bonds is 4. The Labute approximate surface area is 138 Å². The maximum Gasteiger partial charge on any atom is 0.265 e. The van der Waals surface area contributed by atoms with Crippen molar-refractivity contribution in [3.63, 3.8) is 0 Å². The van der Waals surface area contributed by atoms with Crippen LogP contribution in [-0.4, -0.2) is 17.0 Å². The monoisotopic (exact) mass is 321 g/mol. The molecule has 0 saturated carbocycles. The molecular weight excluding hydrogens is 306 g/mol. The molecule has 0 aliphatic heterocycles. The third-order valence-electron chi connectivity index (χ3n) is 3.43. The van der Waals surface area contributed by atoms with Gasteiger partial charge in [-0.25, -0.2) is 4.98 Å². The lowest BCUT2D eigenvalue weighted by Gasteiger charge is -2.14. The molecule has 1 amide bonds. The SMILES string of the molecule is Cc1nc2cc(NC(=O)[C@@H](C)Oc3ccc(C#N)cc3)ccc2o1. The van der Waals surface area contributed by atoms with E-state index in [2.05, 4.69) is 10.3 Å². The second kappa shape index (κ2) is 6.42. The number of fused-ring (bicyclic) bond motifs is 1. The summed E-state index contributed by atoms with van der Waals surface area (Å²) in [7, 11) is 0. The van der Waals surface area contributed by atoms with Crippen LogP contribution in [-0.2, 0) is 4.79 Å². The van der Waals surface area contributed by atoms with Gasteiger partial charge in [0.2, 0.25) is 0 Å². The Balaban J connectivity index is 1.67. The van der Waals surface area contributed by atoms with Crippen molar-refractivity contribution in [1.29, 1.82) is 5.26 Å². The van der Waals surface area contributed by atoms with Crippen LogP contribution in [0.3, 0.4) is 0 Å². The Bertz CT molecular complexity index is 923. The van der Waals surface area contributed by atoms with E-state index in [0.29, 0.717) is 34.0 Å². The van der Waals surface area contributed by atoms with Crippen molar-refractivity contribution in [1.82, 2.24) is 4.98 Å². The van der Waals surface area contributed by atoms with Gasteiger partial charge in [-0.3, -0.25) is 4.79 Å². The fourth-order valence-corrected chi connectivity index (χ4v) is 2.23. The summed E-state index contributed by atoms with van der Waals surface area (Å²) in [5.74, 6) is 0.823. The number of carbonyl (C=O) groups excluding carboxylic acids is 1. The first-order chi connectivity index (χ1) is 11.5. The lowest BCUT2D eigenvalue weighted by Crippen LogP contribution is -2.30. The van der Waals surface area contributed by atoms with Gasteiger partial charge in [0.25, 0.3) is 5.91 Å².